The van der Waals surface area contributed by atoms with Gasteiger partial charge in [-0.15, -0.1) is 0 Å². The highest BCUT2D eigenvalue weighted by atomic mass is 19.1. The molecule has 3 aromatic heterocycles. The SMILES string of the molecule is CCN(C(=O)c1cc(F)ccc1Oc1cncnc1N1CCC(Oc2ccnc3c2CN(Cc2cn[nH]c2)CC3)CC1)C(C)C. The summed E-state index contributed by atoms with van der Waals surface area (Å²) in [4.78, 5) is 32.9. The first-order valence-electron chi connectivity index (χ1n) is 15.6. The minimum Gasteiger partial charge on any atom is -0.490 e. The van der Waals surface area contributed by atoms with Crippen molar-refractivity contribution < 1.29 is 18.7 Å². The van der Waals surface area contributed by atoms with Gasteiger partial charge in [-0.25, -0.2) is 14.4 Å². The molecule has 1 aromatic carbocycles. The molecule has 0 saturated carbocycles. The van der Waals surface area contributed by atoms with E-state index in [2.05, 4.69) is 34.9 Å². The van der Waals surface area contributed by atoms with E-state index >= 15 is 0 Å². The first-order chi connectivity index (χ1) is 21.9. The van der Waals surface area contributed by atoms with Gasteiger partial charge >= 0.3 is 0 Å². The van der Waals surface area contributed by atoms with Gasteiger partial charge in [0.2, 0.25) is 0 Å². The fourth-order valence-electron chi connectivity index (χ4n) is 6.09. The van der Waals surface area contributed by atoms with Crippen LogP contribution in [0, 0.1) is 5.82 Å². The van der Waals surface area contributed by atoms with E-state index in [4.69, 9.17) is 9.47 Å². The number of halogens is 1. The van der Waals surface area contributed by atoms with Crippen molar-refractivity contribution in [2.24, 2.45) is 0 Å². The van der Waals surface area contributed by atoms with E-state index in [0.717, 1.165) is 61.5 Å². The zero-order chi connectivity index (χ0) is 31.3. The topological polar surface area (TPSA) is 113 Å². The number of benzene rings is 1. The average Bonchev–Trinajstić information content (AvgIpc) is 3.56. The van der Waals surface area contributed by atoms with Gasteiger partial charge in [0.25, 0.3) is 5.91 Å². The van der Waals surface area contributed by atoms with Crippen LogP contribution < -0.4 is 14.4 Å². The Balaban J connectivity index is 1.13. The molecule has 0 atom stereocenters. The number of ether oxygens (including phenoxy) is 2. The fourth-order valence-corrected chi connectivity index (χ4v) is 6.09. The van der Waals surface area contributed by atoms with Gasteiger partial charge in [-0.2, -0.15) is 5.10 Å². The summed E-state index contributed by atoms with van der Waals surface area (Å²) >= 11 is 0. The van der Waals surface area contributed by atoms with Gasteiger partial charge in [0, 0.05) is 93.8 Å². The second-order valence-corrected chi connectivity index (χ2v) is 11.7. The molecule has 6 rings (SSSR count). The second kappa shape index (κ2) is 13.6. The van der Waals surface area contributed by atoms with E-state index in [1.54, 1.807) is 11.1 Å². The van der Waals surface area contributed by atoms with Crippen LogP contribution >= 0.6 is 0 Å². The van der Waals surface area contributed by atoms with Crippen molar-refractivity contribution in [3.05, 3.63) is 83.6 Å². The highest BCUT2D eigenvalue weighted by molar-refractivity contribution is 5.97. The van der Waals surface area contributed by atoms with Gasteiger partial charge in [0.15, 0.2) is 11.6 Å². The number of carbonyl (C=O) groups is 1. The Morgan fingerprint density at radius 2 is 1.96 bits per heavy atom. The maximum absolute atomic E-state index is 14.3. The van der Waals surface area contributed by atoms with Crippen LogP contribution in [0.1, 0.15) is 60.8 Å². The molecule has 1 fully saturated rings. The Morgan fingerprint density at radius 1 is 1.11 bits per heavy atom. The van der Waals surface area contributed by atoms with Crippen molar-refractivity contribution in [3.63, 3.8) is 0 Å². The number of rotatable bonds is 10. The monoisotopic (exact) mass is 614 g/mol. The second-order valence-electron chi connectivity index (χ2n) is 11.7. The molecule has 0 bridgehead atoms. The molecule has 45 heavy (non-hydrogen) atoms. The number of nitrogens with zero attached hydrogens (tertiary/aromatic N) is 7. The van der Waals surface area contributed by atoms with Gasteiger partial charge in [0.05, 0.1) is 18.0 Å². The maximum atomic E-state index is 14.3. The molecule has 2 aliphatic rings. The number of aromatic nitrogens is 5. The number of H-pyrrole nitrogens is 1. The molecule has 1 saturated heterocycles. The van der Waals surface area contributed by atoms with E-state index in [1.807, 2.05) is 45.4 Å². The summed E-state index contributed by atoms with van der Waals surface area (Å²) in [6.07, 6.45) is 11.2. The molecule has 236 valence electrons. The first-order valence-corrected chi connectivity index (χ1v) is 15.6. The quantitative estimate of drug-likeness (QED) is 0.264. The van der Waals surface area contributed by atoms with E-state index < -0.39 is 5.82 Å². The lowest BCUT2D eigenvalue weighted by molar-refractivity contribution is 0.0713. The summed E-state index contributed by atoms with van der Waals surface area (Å²) in [5.41, 5.74) is 3.58. The molecular formula is C33H39FN8O3. The number of fused-ring (bicyclic) bond motifs is 1. The number of pyridine rings is 1. The molecule has 11 nitrogen and oxygen atoms in total. The highest BCUT2D eigenvalue weighted by Crippen LogP contribution is 2.35. The molecular weight excluding hydrogens is 575 g/mol. The van der Waals surface area contributed by atoms with Gasteiger partial charge in [-0.05, 0) is 45.0 Å². The zero-order valence-electron chi connectivity index (χ0n) is 25.9. The van der Waals surface area contributed by atoms with Crippen LogP contribution in [0.2, 0.25) is 0 Å². The first kappa shape index (κ1) is 30.4. The van der Waals surface area contributed by atoms with Crippen molar-refractivity contribution in [3.8, 4) is 17.2 Å². The molecule has 12 heteroatoms. The van der Waals surface area contributed by atoms with E-state index in [9.17, 15) is 9.18 Å². The summed E-state index contributed by atoms with van der Waals surface area (Å²) in [6, 6.07) is 5.93. The number of nitrogens with one attached hydrogen (secondary N) is 1. The fraction of sp³-hybridized carbons (Fsp3) is 0.424. The number of amides is 1. The van der Waals surface area contributed by atoms with Crippen molar-refractivity contribution in [2.75, 3.05) is 31.1 Å². The summed E-state index contributed by atoms with van der Waals surface area (Å²) in [5.74, 6) is 1.40. The van der Waals surface area contributed by atoms with Crippen LogP contribution in [0.5, 0.6) is 17.2 Å². The van der Waals surface area contributed by atoms with Gasteiger partial charge in [0.1, 0.15) is 29.7 Å². The number of carbonyl (C=O) groups excluding carboxylic acids is 1. The lowest BCUT2D eigenvalue weighted by atomic mass is 10.0. The predicted molar refractivity (Wildman–Crippen MR) is 167 cm³/mol. The molecule has 0 radical (unpaired) electrons. The Kier molecular flexibility index (Phi) is 9.20. The summed E-state index contributed by atoms with van der Waals surface area (Å²) < 4.78 is 27.1. The minimum atomic E-state index is -0.502. The molecule has 2 aliphatic heterocycles. The molecule has 0 unspecified atom stereocenters. The van der Waals surface area contributed by atoms with Crippen LogP contribution in [0.3, 0.4) is 0 Å². The molecule has 1 amide bonds. The number of anilines is 1. The van der Waals surface area contributed by atoms with Gasteiger partial charge < -0.3 is 19.3 Å². The average molecular weight is 615 g/mol. The minimum absolute atomic E-state index is 0.0422. The van der Waals surface area contributed by atoms with Crippen LogP contribution in [-0.2, 0) is 19.5 Å². The molecule has 4 aromatic rings. The number of hydrogen-bond acceptors (Lipinski definition) is 9. The maximum Gasteiger partial charge on any atom is 0.257 e. The summed E-state index contributed by atoms with van der Waals surface area (Å²) in [7, 11) is 0. The van der Waals surface area contributed by atoms with Crippen molar-refractivity contribution in [1.82, 2.24) is 34.9 Å². The molecule has 1 N–H and O–H groups in total. The van der Waals surface area contributed by atoms with E-state index in [-0.39, 0.29) is 29.4 Å². The number of aromatic amines is 1. The highest BCUT2D eigenvalue weighted by Gasteiger charge is 2.28. The van der Waals surface area contributed by atoms with Gasteiger partial charge in [-0.1, -0.05) is 0 Å². The number of hydrogen-bond donors (Lipinski definition) is 1. The van der Waals surface area contributed by atoms with E-state index in [0.29, 0.717) is 31.2 Å². The summed E-state index contributed by atoms with van der Waals surface area (Å²) in [6.45, 7) is 10.2. The van der Waals surface area contributed by atoms with Gasteiger partial charge in [-0.3, -0.25) is 19.8 Å². The molecule has 0 aliphatic carbocycles. The van der Waals surface area contributed by atoms with Crippen LogP contribution in [0.15, 0.2) is 55.4 Å². The standard InChI is InChI=1S/C33H39FN8O3/c1-4-42(22(2)3)33(43)26-15-24(34)5-6-29(26)45-31-18-35-21-37-32(31)41-13-8-25(9-14-41)44-30-7-11-36-28-10-12-40(20-27(28)30)19-23-16-38-39-17-23/h5-7,11,15-18,21-22,25H,4,8-10,12-14,19-20H2,1-3H3,(H,38,39). The third kappa shape index (κ3) is 6.90. The van der Waals surface area contributed by atoms with Crippen molar-refractivity contribution in [2.45, 2.75) is 65.3 Å². The van der Waals surface area contributed by atoms with Crippen molar-refractivity contribution in [1.29, 1.82) is 0 Å². The third-order valence-electron chi connectivity index (χ3n) is 8.42. The Bertz CT molecular complexity index is 1610. The Morgan fingerprint density at radius 3 is 2.71 bits per heavy atom. The molecule has 5 heterocycles. The molecule has 0 spiro atoms. The Hall–Kier alpha value is -4.58. The Labute approximate surface area is 262 Å². The largest absolute Gasteiger partial charge is 0.490 e. The number of piperidine rings is 1. The lowest BCUT2D eigenvalue weighted by Gasteiger charge is -2.35. The van der Waals surface area contributed by atoms with E-state index in [1.165, 1.54) is 24.5 Å². The summed E-state index contributed by atoms with van der Waals surface area (Å²) in [5, 5.41) is 6.96. The smallest absolute Gasteiger partial charge is 0.257 e. The van der Waals surface area contributed by atoms with Crippen LogP contribution in [0.4, 0.5) is 10.2 Å². The van der Waals surface area contributed by atoms with Crippen LogP contribution in [-0.4, -0.2) is 79.2 Å². The zero-order valence-corrected chi connectivity index (χ0v) is 25.9. The third-order valence-corrected chi connectivity index (χ3v) is 8.42. The van der Waals surface area contributed by atoms with Crippen molar-refractivity contribution >= 4 is 11.7 Å². The normalized spacial score (nSPS) is 15.6. The predicted octanol–water partition coefficient (Wildman–Crippen LogP) is 5.00. The lowest BCUT2D eigenvalue weighted by Crippen LogP contribution is -2.39. The van der Waals surface area contributed by atoms with Crippen LogP contribution in [0.25, 0.3) is 0 Å².